The maximum absolute atomic E-state index is 14.7. The van der Waals surface area contributed by atoms with Gasteiger partial charge in [0.2, 0.25) is 5.91 Å². The summed E-state index contributed by atoms with van der Waals surface area (Å²) >= 11 is 1.08. The molecule has 0 fully saturated rings. The number of carbonyl (C=O) groups is 1. The molecule has 4 aromatic rings. The Hall–Kier alpha value is -3.73. The number of hydrogen-bond acceptors (Lipinski definition) is 6. The van der Waals surface area contributed by atoms with Crippen LogP contribution in [0.2, 0.25) is 0 Å². The lowest BCUT2D eigenvalue weighted by Crippen LogP contribution is -2.39. The van der Waals surface area contributed by atoms with Crippen molar-refractivity contribution in [2.75, 3.05) is 24.5 Å². The van der Waals surface area contributed by atoms with Crippen molar-refractivity contribution in [2.45, 2.75) is 56.5 Å². The molecule has 0 aliphatic carbocycles. The molecule has 1 aliphatic heterocycles. The van der Waals surface area contributed by atoms with E-state index in [9.17, 15) is 17.6 Å². The van der Waals surface area contributed by atoms with E-state index >= 15 is 0 Å². The molecule has 0 saturated carbocycles. The fourth-order valence-corrected chi connectivity index (χ4v) is 8.66. The van der Waals surface area contributed by atoms with Crippen LogP contribution in [0.4, 0.5) is 10.1 Å². The van der Waals surface area contributed by atoms with Gasteiger partial charge in [-0.2, -0.15) is 0 Å². The number of nitrogens with one attached hydrogen (secondary N) is 1. The Labute approximate surface area is 269 Å². The molecule has 0 radical (unpaired) electrons. The second-order valence-electron chi connectivity index (χ2n) is 12.1. The van der Waals surface area contributed by atoms with E-state index < -0.39 is 21.9 Å². The van der Waals surface area contributed by atoms with Crippen LogP contribution in [0.1, 0.15) is 61.0 Å². The molecule has 7 nitrogen and oxygen atoms in total. The summed E-state index contributed by atoms with van der Waals surface area (Å²) in [4.78, 5) is 16.1. The van der Waals surface area contributed by atoms with Crippen molar-refractivity contribution in [1.82, 2.24) is 10.2 Å². The van der Waals surface area contributed by atoms with Gasteiger partial charge in [-0.1, -0.05) is 62.4 Å². The lowest BCUT2D eigenvalue weighted by atomic mass is 9.97. The van der Waals surface area contributed by atoms with Gasteiger partial charge < -0.3 is 15.0 Å². The molecule has 5 rings (SSSR count). The molecule has 2 heterocycles. The zero-order chi connectivity index (χ0) is 32.1. The Morgan fingerprint density at radius 1 is 1.07 bits per heavy atom. The van der Waals surface area contributed by atoms with E-state index in [0.717, 1.165) is 41.3 Å². The molecule has 10 heteroatoms. The predicted octanol–water partition coefficient (Wildman–Crippen LogP) is 7.25. The van der Waals surface area contributed by atoms with Gasteiger partial charge in [-0.3, -0.25) is 9.10 Å². The molecule has 45 heavy (non-hydrogen) atoms. The van der Waals surface area contributed by atoms with Gasteiger partial charge >= 0.3 is 0 Å². The number of fused-ring (bicyclic) bond motifs is 1. The largest absolute Gasteiger partial charge is 0.493 e. The first-order valence-corrected chi connectivity index (χ1v) is 17.5. The maximum atomic E-state index is 14.7. The van der Waals surface area contributed by atoms with Gasteiger partial charge in [-0.25, -0.2) is 12.8 Å². The highest BCUT2D eigenvalue weighted by Gasteiger charge is 2.36. The minimum atomic E-state index is -4.16. The van der Waals surface area contributed by atoms with Crippen molar-refractivity contribution >= 4 is 33.0 Å². The molecule has 1 aliphatic rings. The molecule has 2 unspecified atom stereocenters. The molecule has 0 spiro atoms. The number of sulfonamides is 1. The zero-order valence-corrected chi connectivity index (χ0v) is 27.7. The van der Waals surface area contributed by atoms with Crippen molar-refractivity contribution in [1.29, 1.82) is 0 Å². The van der Waals surface area contributed by atoms with E-state index in [1.165, 1.54) is 22.5 Å². The fraction of sp³-hybridized carbons (Fsp3) is 0.343. The maximum Gasteiger partial charge on any atom is 0.274 e. The molecule has 0 saturated heterocycles. The topological polar surface area (TPSA) is 79.0 Å². The molecule has 1 aromatic heterocycles. The normalized spacial score (nSPS) is 15.4. The predicted molar refractivity (Wildman–Crippen MR) is 178 cm³/mol. The number of nitrogens with zero attached hydrogens (tertiary/aromatic N) is 2. The number of carbonyl (C=O) groups excluding carboxylic acids is 1. The monoisotopic (exact) mass is 649 g/mol. The van der Waals surface area contributed by atoms with E-state index in [2.05, 4.69) is 37.2 Å². The van der Waals surface area contributed by atoms with E-state index in [-0.39, 0.29) is 28.3 Å². The van der Waals surface area contributed by atoms with E-state index in [0.29, 0.717) is 30.1 Å². The minimum absolute atomic E-state index is 0.110. The SMILES string of the molecule is Cc1cc(F)cc(N(C(CC(=O)NC2CCOc3cc(CN(C)CC(C)C)ccc32)c2ccccc2)S(=O)(=O)c2cccs2)c1. The van der Waals surface area contributed by atoms with E-state index in [4.69, 9.17) is 4.74 Å². The highest BCUT2D eigenvalue weighted by Crippen LogP contribution is 2.38. The van der Waals surface area contributed by atoms with Crippen LogP contribution in [-0.4, -0.2) is 39.4 Å². The van der Waals surface area contributed by atoms with Gasteiger partial charge in [0.15, 0.2) is 0 Å². The molecule has 2 atom stereocenters. The standard InChI is InChI=1S/C35H40FN3O4S2/c1-24(2)22-38(4)23-26-12-13-30-31(14-15-43-33(30)19-26)37-34(40)21-32(27-9-6-5-7-10-27)39(29-18-25(3)17-28(36)20-29)45(41,42)35-11-8-16-44-35/h5-13,16-20,24,31-32H,14-15,21-23H2,1-4H3,(H,37,40). The first-order chi connectivity index (χ1) is 21.5. The molecule has 0 bridgehead atoms. The highest BCUT2D eigenvalue weighted by atomic mass is 32.2. The van der Waals surface area contributed by atoms with Crippen molar-refractivity contribution in [3.8, 4) is 5.75 Å². The fourth-order valence-electron chi connectivity index (χ4n) is 5.96. The number of benzene rings is 3. The minimum Gasteiger partial charge on any atom is -0.493 e. The van der Waals surface area contributed by atoms with Crippen LogP contribution in [0.15, 0.2) is 88.5 Å². The summed E-state index contributed by atoms with van der Waals surface area (Å²) in [5.74, 6) is 0.436. The highest BCUT2D eigenvalue weighted by molar-refractivity contribution is 7.94. The molecule has 238 valence electrons. The Bertz CT molecular complexity index is 1690. The average molecular weight is 650 g/mol. The Morgan fingerprint density at radius 3 is 2.53 bits per heavy atom. The lowest BCUT2D eigenvalue weighted by molar-refractivity contribution is -0.122. The summed E-state index contributed by atoms with van der Waals surface area (Å²) in [6, 6.07) is 21.3. The molecule has 3 aromatic carbocycles. The van der Waals surface area contributed by atoms with Crippen LogP contribution in [-0.2, 0) is 21.4 Å². The molecular formula is C35H40FN3O4S2. The Balaban J connectivity index is 1.45. The first-order valence-electron chi connectivity index (χ1n) is 15.1. The average Bonchev–Trinajstić information content (AvgIpc) is 3.53. The van der Waals surface area contributed by atoms with Crippen LogP contribution >= 0.6 is 11.3 Å². The summed E-state index contributed by atoms with van der Waals surface area (Å²) in [6.45, 7) is 8.32. The van der Waals surface area contributed by atoms with Crippen LogP contribution in [0.25, 0.3) is 0 Å². The van der Waals surface area contributed by atoms with Crippen molar-refractivity contribution < 1.29 is 22.3 Å². The number of hydrogen-bond donors (Lipinski definition) is 1. The van der Waals surface area contributed by atoms with Gasteiger partial charge in [0.05, 0.1) is 30.8 Å². The number of amides is 1. The number of ether oxygens (including phenoxy) is 1. The Morgan fingerprint density at radius 2 is 1.84 bits per heavy atom. The molecular weight excluding hydrogens is 610 g/mol. The summed E-state index contributed by atoms with van der Waals surface area (Å²) in [5, 5.41) is 4.84. The van der Waals surface area contributed by atoms with Crippen LogP contribution in [0.5, 0.6) is 5.75 Å². The lowest BCUT2D eigenvalue weighted by Gasteiger charge is -2.34. The van der Waals surface area contributed by atoms with Gasteiger partial charge in [0, 0.05) is 25.1 Å². The van der Waals surface area contributed by atoms with Crippen molar-refractivity contribution in [3.05, 3.63) is 112 Å². The number of rotatable bonds is 12. The molecule has 1 N–H and O–H groups in total. The van der Waals surface area contributed by atoms with Gasteiger partial charge in [0.25, 0.3) is 10.0 Å². The third-order valence-corrected chi connectivity index (χ3v) is 10.9. The number of aryl methyl sites for hydroxylation is 1. The summed E-state index contributed by atoms with van der Waals surface area (Å²) in [5.41, 5.74) is 3.38. The van der Waals surface area contributed by atoms with E-state index in [1.54, 1.807) is 48.7 Å². The number of anilines is 1. The van der Waals surface area contributed by atoms with Crippen LogP contribution < -0.4 is 14.4 Å². The molecule has 1 amide bonds. The van der Waals surface area contributed by atoms with Crippen LogP contribution in [0.3, 0.4) is 0 Å². The van der Waals surface area contributed by atoms with Crippen molar-refractivity contribution in [3.63, 3.8) is 0 Å². The first kappa shape index (κ1) is 32.7. The quantitative estimate of drug-likeness (QED) is 0.175. The van der Waals surface area contributed by atoms with Gasteiger partial charge in [-0.05, 0) is 72.3 Å². The summed E-state index contributed by atoms with van der Waals surface area (Å²) < 4.78 is 50.4. The summed E-state index contributed by atoms with van der Waals surface area (Å²) in [7, 11) is -2.06. The zero-order valence-electron chi connectivity index (χ0n) is 26.1. The van der Waals surface area contributed by atoms with Crippen LogP contribution in [0, 0.1) is 18.7 Å². The third kappa shape index (κ3) is 7.92. The number of halogens is 1. The van der Waals surface area contributed by atoms with E-state index in [1.807, 2.05) is 18.2 Å². The second kappa shape index (κ2) is 14.1. The smallest absolute Gasteiger partial charge is 0.274 e. The second-order valence-corrected chi connectivity index (χ2v) is 15.1. The number of thiophene rings is 1. The van der Waals surface area contributed by atoms with Gasteiger partial charge in [-0.15, -0.1) is 11.3 Å². The summed E-state index contributed by atoms with van der Waals surface area (Å²) in [6.07, 6.45) is 0.413. The Kier molecular flexibility index (Phi) is 10.3. The van der Waals surface area contributed by atoms with Crippen molar-refractivity contribution in [2.24, 2.45) is 5.92 Å². The third-order valence-electron chi connectivity index (χ3n) is 7.72. The van der Waals surface area contributed by atoms with Gasteiger partial charge in [0.1, 0.15) is 15.8 Å².